The van der Waals surface area contributed by atoms with Gasteiger partial charge in [-0.3, -0.25) is 9.79 Å². The second kappa shape index (κ2) is 12.4. The number of nitrogens with zero attached hydrogens (tertiary/aromatic N) is 2. The molecule has 7 nitrogen and oxygen atoms in total. The number of aliphatic imine (C=N–C) groups is 1. The van der Waals surface area contributed by atoms with Crippen molar-refractivity contribution in [2.75, 3.05) is 26.4 Å². The van der Waals surface area contributed by atoms with Crippen molar-refractivity contribution in [1.82, 2.24) is 15.2 Å². The molecule has 2 aromatic rings. The highest BCUT2D eigenvalue weighted by Crippen LogP contribution is 2.32. The molecule has 158 valence electrons. The third-order valence-electron chi connectivity index (χ3n) is 4.46. The lowest BCUT2D eigenvalue weighted by atomic mass is 10.1. The first kappa shape index (κ1) is 23.1. The Morgan fingerprint density at radius 1 is 1.14 bits per heavy atom. The Morgan fingerprint density at radius 3 is 2.83 bits per heavy atom. The van der Waals surface area contributed by atoms with Gasteiger partial charge in [-0.1, -0.05) is 12.1 Å². The second-order valence-corrected chi connectivity index (χ2v) is 6.56. The molecule has 1 aliphatic rings. The maximum absolute atomic E-state index is 11.7. The van der Waals surface area contributed by atoms with E-state index in [4.69, 9.17) is 9.47 Å². The number of hydrogen-bond donors (Lipinski definition) is 2. The zero-order valence-corrected chi connectivity index (χ0v) is 19.1. The fourth-order valence-electron chi connectivity index (χ4n) is 2.99. The number of pyridine rings is 1. The molecule has 0 radical (unpaired) electrons. The summed E-state index contributed by atoms with van der Waals surface area (Å²) in [6, 6.07) is 11.3. The van der Waals surface area contributed by atoms with Gasteiger partial charge >= 0.3 is 0 Å². The van der Waals surface area contributed by atoms with E-state index in [9.17, 15) is 4.79 Å². The summed E-state index contributed by atoms with van der Waals surface area (Å²) in [7, 11) is 0. The number of ether oxygens (including phenoxy) is 2. The summed E-state index contributed by atoms with van der Waals surface area (Å²) in [6.07, 6.45) is 4.55. The average Bonchev–Trinajstić information content (AvgIpc) is 3.17. The van der Waals surface area contributed by atoms with Crippen molar-refractivity contribution in [3.63, 3.8) is 0 Å². The topological polar surface area (TPSA) is 76.9 Å². The third-order valence-corrected chi connectivity index (χ3v) is 4.46. The number of aromatic nitrogens is 1. The summed E-state index contributed by atoms with van der Waals surface area (Å²) in [5, 5.41) is 6.63. The van der Waals surface area contributed by atoms with Crippen LogP contribution in [0.2, 0.25) is 0 Å². The quantitative estimate of drug-likeness (QED) is 0.234. The molecule has 3 rings (SSSR count). The van der Waals surface area contributed by atoms with Crippen LogP contribution in [-0.4, -0.2) is 37.0 Å². The molecule has 2 heterocycles. The Morgan fingerprint density at radius 2 is 2.00 bits per heavy atom. The zero-order chi connectivity index (χ0) is 19.6. The lowest BCUT2D eigenvalue weighted by Crippen LogP contribution is -2.38. The minimum Gasteiger partial charge on any atom is -0.454 e. The normalized spacial score (nSPS) is 12.4. The molecule has 0 saturated carbocycles. The number of aryl methyl sites for hydroxylation is 1. The minimum atomic E-state index is 0. The molecule has 0 saturated heterocycles. The smallest absolute Gasteiger partial charge is 0.250 e. The van der Waals surface area contributed by atoms with Gasteiger partial charge in [0.15, 0.2) is 17.5 Å². The highest BCUT2D eigenvalue weighted by molar-refractivity contribution is 14.0. The minimum absolute atomic E-state index is 0. The first-order chi connectivity index (χ1) is 13.8. The van der Waals surface area contributed by atoms with Crippen LogP contribution in [-0.2, 0) is 13.0 Å². The lowest BCUT2D eigenvalue weighted by molar-refractivity contribution is 0.174. The van der Waals surface area contributed by atoms with Crippen molar-refractivity contribution in [2.24, 2.45) is 4.99 Å². The first-order valence-electron chi connectivity index (χ1n) is 9.82. The Hall–Kier alpha value is -2.23. The standard InChI is InChI=1S/C21H28N4O3.HI/c1-2-22-21(23-11-4-6-14-25-13-5-3-7-20(25)26)24-12-10-17-8-9-18-19(15-17)28-16-27-18;/h3,5,7-9,13,15H,2,4,6,10-12,14,16H2,1H3,(H2,22,23,24);1H. The fraction of sp³-hybridized carbons (Fsp3) is 0.429. The van der Waals surface area contributed by atoms with Crippen LogP contribution in [0.5, 0.6) is 11.5 Å². The van der Waals surface area contributed by atoms with Crippen molar-refractivity contribution >= 4 is 29.9 Å². The molecule has 0 bridgehead atoms. The van der Waals surface area contributed by atoms with Gasteiger partial charge in [-0.15, -0.1) is 24.0 Å². The monoisotopic (exact) mass is 512 g/mol. The molecule has 0 amide bonds. The second-order valence-electron chi connectivity index (χ2n) is 6.56. The number of fused-ring (bicyclic) bond motifs is 1. The maximum Gasteiger partial charge on any atom is 0.250 e. The predicted octanol–water partition coefficient (Wildman–Crippen LogP) is 2.77. The van der Waals surface area contributed by atoms with E-state index in [0.29, 0.717) is 6.79 Å². The van der Waals surface area contributed by atoms with Gasteiger partial charge in [0.2, 0.25) is 12.4 Å². The van der Waals surface area contributed by atoms with E-state index in [1.807, 2.05) is 24.4 Å². The summed E-state index contributed by atoms with van der Waals surface area (Å²) < 4.78 is 12.5. The van der Waals surface area contributed by atoms with Crippen molar-refractivity contribution < 1.29 is 9.47 Å². The summed E-state index contributed by atoms with van der Waals surface area (Å²) in [6.45, 7) is 5.40. The van der Waals surface area contributed by atoms with Crippen molar-refractivity contribution in [3.05, 3.63) is 58.5 Å². The van der Waals surface area contributed by atoms with E-state index in [1.165, 1.54) is 5.56 Å². The molecule has 0 fully saturated rings. The van der Waals surface area contributed by atoms with Gasteiger partial charge in [0, 0.05) is 38.4 Å². The Balaban J connectivity index is 0.00000300. The van der Waals surface area contributed by atoms with Crippen LogP contribution in [0.25, 0.3) is 0 Å². The molecule has 0 atom stereocenters. The van der Waals surface area contributed by atoms with Crippen molar-refractivity contribution in [3.8, 4) is 11.5 Å². The van der Waals surface area contributed by atoms with E-state index in [0.717, 1.165) is 62.9 Å². The largest absolute Gasteiger partial charge is 0.454 e. The van der Waals surface area contributed by atoms with Crippen LogP contribution >= 0.6 is 24.0 Å². The van der Waals surface area contributed by atoms with Crippen LogP contribution in [0, 0.1) is 0 Å². The van der Waals surface area contributed by atoms with Crippen LogP contribution in [0.1, 0.15) is 25.3 Å². The van der Waals surface area contributed by atoms with E-state index in [-0.39, 0.29) is 29.5 Å². The molecule has 0 spiro atoms. The Bertz CT molecular complexity index is 854. The fourth-order valence-corrected chi connectivity index (χ4v) is 2.99. The first-order valence-corrected chi connectivity index (χ1v) is 9.82. The Labute approximate surface area is 188 Å². The van der Waals surface area contributed by atoms with Gasteiger partial charge in [0.05, 0.1) is 0 Å². The average molecular weight is 512 g/mol. The van der Waals surface area contributed by atoms with Crippen LogP contribution < -0.4 is 25.7 Å². The highest BCUT2D eigenvalue weighted by Gasteiger charge is 2.12. The highest BCUT2D eigenvalue weighted by atomic mass is 127. The number of hydrogen-bond acceptors (Lipinski definition) is 4. The third kappa shape index (κ3) is 7.26. The number of guanidine groups is 1. The zero-order valence-electron chi connectivity index (χ0n) is 16.7. The van der Waals surface area contributed by atoms with Gasteiger partial charge in [0.25, 0.3) is 0 Å². The number of rotatable bonds is 9. The molecular weight excluding hydrogens is 483 g/mol. The number of nitrogens with one attached hydrogen (secondary N) is 2. The predicted molar refractivity (Wildman–Crippen MR) is 126 cm³/mol. The summed E-state index contributed by atoms with van der Waals surface area (Å²) in [4.78, 5) is 16.3. The van der Waals surface area contributed by atoms with Crippen molar-refractivity contribution in [2.45, 2.75) is 32.7 Å². The van der Waals surface area contributed by atoms with Gasteiger partial charge in [-0.2, -0.15) is 0 Å². The summed E-state index contributed by atoms with van der Waals surface area (Å²) in [5.74, 6) is 2.44. The van der Waals surface area contributed by atoms with Crippen LogP contribution in [0.3, 0.4) is 0 Å². The summed E-state index contributed by atoms with van der Waals surface area (Å²) in [5.41, 5.74) is 1.24. The maximum atomic E-state index is 11.7. The van der Waals surface area contributed by atoms with Gasteiger partial charge in [0.1, 0.15) is 0 Å². The number of halogens is 1. The number of unbranched alkanes of at least 4 members (excludes halogenated alkanes) is 1. The molecular formula is C21H29IN4O3. The van der Waals surface area contributed by atoms with Crippen LogP contribution in [0.4, 0.5) is 0 Å². The molecule has 0 aliphatic carbocycles. The van der Waals surface area contributed by atoms with E-state index < -0.39 is 0 Å². The van der Waals surface area contributed by atoms with Gasteiger partial charge in [-0.25, -0.2) is 0 Å². The van der Waals surface area contributed by atoms with E-state index in [2.05, 4.69) is 28.6 Å². The Kier molecular flexibility index (Phi) is 9.82. The molecule has 8 heteroatoms. The molecule has 1 aliphatic heterocycles. The van der Waals surface area contributed by atoms with Gasteiger partial charge in [-0.05, 0) is 49.9 Å². The summed E-state index contributed by atoms with van der Waals surface area (Å²) >= 11 is 0. The molecule has 1 aromatic carbocycles. The number of benzene rings is 1. The van der Waals surface area contributed by atoms with Crippen LogP contribution in [0.15, 0.2) is 52.4 Å². The van der Waals surface area contributed by atoms with Crippen molar-refractivity contribution in [1.29, 1.82) is 0 Å². The molecule has 2 N–H and O–H groups in total. The molecule has 0 unspecified atom stereocenters. The lowest BCUT2D eigenvalue weighted by Gasteiger charge is -2.11. The van der Waals surface area contributed by atoms with E-state index >= 15 is 0 Å². The molecule has 29 heavy (non-hydrogen) atoms. The SMILES string of the molecule is CCNC(=NCCCCn1ccccc1=O)NCCc1ccc2c(c1)OCO2.I. The molecule has 1 aromatic heterocycles. The van der Waals surface area contributed by atoms with E-state index in [1.54, 1.807) is 16.7 Å². The van der Waals surface area contributed by atoms with Gasteiger partial charge < -0.3 is 24.7 Å².